The molecule has 0 fully saturated rings. The van der Waals surface area contributed by atoms with Crippen molar-refractivity contribution >= 4 is 44.3 Å². The van der Waals surface area contributed by atoms with E-state index in [1.54, 1.807) is 0 Å². The van der Waals surface area contributed by atoms with E-state index in [2.05, 4.69) is 30.3 Å². The second-order valence-corrected chi connectivity index (χ2v) is 8.08. The van der Waals surface area contributed by atoms with Gasteiger partial charge < -0.3 is 0 Å². The van der Waals surface area contributed by atoms with Crippen LogP contribution in [-0.4, -0.2) is 11.6 Å². The minimum atomic E-state index is -0.456. The Labute approximate surface area is 185 Å². The highest BCUT2D eigenvalue weighted by Crippen LogP contribution is 2.41. The van der Waals surface area contributed by atoms with Crippen LogP contribution in [-0.2, 0) is 4.79 Å². The maximum absolute atomic E-state index is 13.4. The van der Waals surface area contributed by atoms with Gasteiger partial charge in [-0.25, -0.2) is 0 Å². The standard InChI is InChI=1S/C30H18O2/c31-29-26-18-24-16-22-14-8-7-13-21(22)15-23(24)17-25(26)27(19-9-3-1-4-10-19)28(30(29)32)20-11-5-2-6-12-20/h1-18H. The van der Waals surface area contributed by atoms with Gasteiger partial charge in [0, 0.05) is 16.7 Å². The summed E-state index contributed by atoms with van der Waals surface area (Å²) >= 11 is 0. The van der Waals surface area contributed by atoms with Crippen LogP contribution in [0.2, 0.25) is 0 Å². The summed E-state index contributed by atoms with van der Waals surface area (Å²) in [6, 6.07) is 35.7. The molecule has 2 nitrogen and oxygen atoms in total. The summed E-state index contributed by atoms with van der Waals surface area (Å²) in [6.45, 7) is 0. The molecule has 5 aromatic rings. The SMILES string of the molecule is O=C1C(=O)c2cc3cc4ccccc4cc3cc2C(c2ccccc2)=C1c1ccccc1. The van der Waals surface area contributed by atoms with Crippen LogP contribution in [0.25, 0.3) is 32.7 Å². The van der Waals surface area contributed by atoms with Crippen LogP contribution in [0, 0.1) is 0 Å². The number of ketones is 2. The van der Waals surface area contributed by atoms with Gasteiger partial charge in [-0.2, -0.15) is 0 Å². The number of rotatable bonds is 2. The summed E-state index contributed by atoms with van der Waals surface area (Å²) in [7, 11) is 0. The number of allylic oxidation sites excluding steroid dienone is 1. The van der Waals surface area contributed by atoms with E-state index in [0.29, 0.717) is 11.1 Å². The molecule has 32 heavy (non-hydrogen) atoms. The van der Waals surface area contributed by atoms with E-state index in [4.69, 9.17) is 0 Å². The molecule has 0 N–H and O–H groups in total. The minimum absolute atomic E-state index is 0.450. The Morgan fingerprint density at radius 2 is 0.844 bits per heavy atom. The highest BCUT2D eigenvalue weighted by atomic mass is 16.2. The Kier molecular flexibility index (Phi) is 4.12. The average molecular weight is 410 g/mol. The van der Waals surface area contributed by atoms with Crippen molar-refractivity contribution in [2.75, 3.05) is 0 Å². The normalized spacial score (nSPS) is 13.6. The van der Waals surface area contributed by atoms with Gasteiger partial charge in [0.15, 0.2) is 0 Å². The Hall–Kier alpha value is -4.30. The number of Topliss-reactive ketones (excluding diaryl/α,β-unsaturated/α-hetero) is 2. The topological polar surface area (TPSA) is 34.1 Å². The first-order chi connectivity index (χ1) is 15.7. The van der Waals surface area contributed by atoms with Gasteiger partial charge in [-0.05, 0) is 62.5 Å². The zero-order valence-corrected chi connectivity index (χ0v) is 17.2. The van der Waals surface area contributed by atoms with Crippen molar-refractivity contribution < 1.29 is 9.59 Å². The third-order valence-electron chi connectivity index (χ3n) is 6.16. The number of carbonyl (C=O) groups excluding carboxylic acids is 2. The molecule has 0 atom stereocenters. The molecule has 2 heteroatoms. The molecule has 0 saturated heterocycles. The molecule has 0 amide bonds. The van der Waals surface area contributed by atoms with Crippen molar-refractivity contribution in [3.05, 3.63) is 131 Å². The first kappa shape index (κ1) is 18.5. The van der Waals surface area contributed by atoms with Crippen LogP contribution >= 0.6 is 0 Å². The molecule has 0 radical (unpaired) electrons. The predicted molar refractivity (Wildman–Crippen MR) is 130 cm³/mol. The number of benzene rings is 5. The summed E-state index contributed by atoms with van der Waals surface area (Å²) in [6.07, 6.45) is 0. The Bertz CT molecular complexity index is 1580. The molecule has 0 unspecified atom stereocenters. The molecule has 6 rings (SSSR count). The largest absolute Gasteiger partial charge is 0.285 e. The minimum Gasteiger partial charge on any atom is -0.285 e. The Morgan fingerprint density at radius 3 is 1.41 bits per heavy atom. The van der Waals surface area contributed by atoms with E-state index in [1.807, 2.05) is 78.9 Å². The van der Waals surface area contributed by atoms with Gasteiger partial charge in [-0.3, -0.25) is 9.59 Å². The van der Waals surface area contributed by atoms with Gasteiger partial charge in [-0.1, -0.05) is 84.9 Å². The molecule has 0 spiro atoms. The smallest absolute Gasteiger partial charge is 0.234 e. The highest BCUT2D eigenvalue weighted by molar-refractivity contribution is 6.63. The fourth-order valence-electron chi connectivity index (χ4n) is 4.66. The lowest BCUT2D eigenvalue weighted by molar-refractivity contribution is -0.110. The summed E-state index contributed by atoms with van der Waals surface area (Å²) in [5, 5.41) is 4.26. The van der Waals surface area contributed by atoms with Crippen LogP contribution in [0.1, 0.15) is 27.0 Å². The Morgan fingerprint density at radius 1 is 0.375 bits per heavy atom. The first-order valence-electron chi connectivity index (χ1n) is 10.6. The maximum atomic E-state index is 13.4. The van der Waals surface area contributed by atoms with Gasteiger partial charge in [0.1, 0.15) is 0 Å². The second kappa shape index (κ2) is 7.14. The number of hydrogen-bond donors (Lipinski definition) is 0. The lowest BCUT2D eigenvalue weighted by Gasteiger charge is -2.23. The zero-order valence-electron chi connectivity index (χ0n) is 17.2. The molecule has 0 saturated carbocycles. The van der Waals surface area contributed by atoms with E-state index < -0.39 is 11.6 Å². The van der Waals surface area contributed by atoms with E-state index in [9.17, 15) is 9.59 Å². The van der Waals surface area contributed by atoms with Crippen molar-refractivity contribution in [2.24, 2.45) is 0 Å². The molecular weight excluding hydrogens is 392 g/mol. The molecule has 0 aliphatic heterocycles. The summed E-state index contributed by atoms with van der Waals surface area (Å²) in [5.74, 6) is -0.906. The highest BCUT2D eigenvalue weighted by Gasteiger charge is 2.34. The van der Waals surface area contributed by atoms with Crippen molar-refractivity contribution in [2.45, 2.75) is 0 Å². The van der Waals surface area contributed by atoms with Crippen LogP contribution < -0.4 is 0 Å². The molecule has 5 aromatic carbocycles. The van der Waals surface area contributed by atoms with Crippen molar-refractivity contribution in [1.29, 1.82) is 0 Å². The summed E-state index contributed by atoms with van der Waals surface area (Å²) in [5.41, 5.74) is 4.24. The quantitative estimate of drug-likeness (QED) is 0.239. The van der Waals surface area contributed by atoms with Gasteiger partial charge >= 0.3 is 0 Å². The van der Waals surface area contributed by atoms with Gasteiger partial charge in [0.25, 0.3) is 0 Å². The van der Waals surface area contributed by atoms with Gasteiger partial charge in [0.2, 0.25) is 11.6 Å². The first-order valence-corrected chi connectivity index (χ1v) is 10.6. The fraction of sp³-hybridized carbons (Fsp3) is 0. The fourth-order valence-corrected chi connectivity index (χ4v) is 4.66. The number of carbonyl (C=O) groups is 2. The maximum Gasteiger partial charge on any atom is 0.234 e. The molecule has 0 aromatic heterocycles. The summed E-state index contributed by atoms with van der Waals surface area (Å²) in [4.78, 5) is 26.7. The van der Waals surface area contributed by atoms with Crippen LogP contribution in [0.4, 0.5) is 0 Å². The Balaban J connectivity index is 1.73. The predicted octanol–water partition coefficient (Wildman–Crippen LogP) is 6.72. The lowest BCUT2D eigenvalue weighted by atomic mass is 9.77. The average Bonchev–Trinajstić information content (AvgIpc) is 2.85. The number of hydrogen-bond acceptors (Lipinski definition) is 2. The van der Waals surface area contributed by atoms with Gasteiger partial charge in [-0.15, -0.1) is 0 Å². The molecule has 1 aliphatic rings. The monoisotopic (exact) mass is 410 g/mol. The van der Waals surface area contributed by atoms with Crippen molar-refractivity contribution in [1.82, 2.24) is 0 Å². The lowest BCUT2D eigenvalue weighted by Crippen LogP contribution is -2.23. The van der Waals surface area contributed by atoms with Crippen LogP contribution in [0.3, 0.4) is 0 Å². The molecule has 0 bridgehead atoms. The third kappa shape index (κ3) is 2.81. The van der Waals surface area contributed by atoms with Gasteiger partial charge in [0.05, 0.1) is 0 Å². The van der Waals surface area contributed by atoms with E-state index in [1.165, 1.54) is 0 Å². The summed E-state index contributed by atoms with van der Waals surface area (Å²) < 4.78 is 0. The third-order valence-corrected chi connectivity index (χ3v) is 6.16. The zero-order chi connectivity index (χ0) is 21.7. The van der Waals surface area contributed by atoms with E-state index in [-0.39, 0.29) is 0 Å². The van der Waals surface area contributed by atoms with E-state index >= 15 is 0 Å². The molecule has 1 aliphatic carbocycles. The van der Waals surface area contributed by atoms with E-state index in [0.717, 1.165) is 43.8 Å². The molecule has 150 valence electrons. The van der Waals surface area contributed by atoms with Crippen molar-refractivity contribution in [3.63, 3.8) is 0 Å². The molecular formula is C30H18O2. The van der Waals surface area contributed by atoms with Crippen molar-refractivity contribution in [3.8, 4) is 0 Å². The number of fused-ring (bicyclic) bond motifs is 3. The molecule has 0 heterocycles. The van der Waals surface area contributed by atoms with Crippen LogP contribution in [0.15, 0.2) is 109 Å². The second-order valence-electron chi connectivity index (χ2n) is 8.08. The van der Waals surface area contributed by atoms with Crippen LogP contribution in [0.5, 0.6) is 0 Å².